The number of aromatic nitrogens is 2. The Labute approximate surface area is 162 Å². The maximum Gasteiger partial charge on any atom is 0.223 e. The summed E-state index contributed by atoms with van der Waals surface area (Å²) in [5, 5.41) is 4.45. The van der Waals surface area contributed by atoms with Crippen molar-refractivity contribution in [2.24, 2.45) is 13.0 Å². The maximum atomic E-state index is 13.1. The number of rotatable bonds is 6. The standard InChI is InChI=1S/C23H31N3O/c1-16-21(14-24-25(16)3)22-15-26(17(2)19-9-5-6-10-20(19)22)23(27)11-7-4-8-18-12-13-18/h5-6,9-10,14,17-18,22H,4,7-8,11-13,15H2,1-3H3/t17-,22-/m0/s1. The van der Waals surface area contributed by atoms with Crippen molar-refractivity contribution in [3.05, 3.63) is 52.8 Å². The van der Waals surface area contributed by atoms with Gasteiger partial charge in [-0.05, 0) is 37.3 Å². The molecule has 1 saturated carbocycles. The van der Waals surface area contributed by atoms with Gasteiger partial charge < -0.3 is 4.90 Å². The van der Waals surface area contributed by atoms with E-state index in [1.165, 1.54) is 48.1 Å². The highest BCUT2D eigenvalue weighted by Gasteiger charge is 2.35. The summed E-state index contributed by atoms with van der Waals surface area (Å²) in [6.07, 6.45) is 8.99. The summed E-state index contributed by atoms with van der Waals surface area (Å²) in [6.45, 7) is 5.05. The number of hydrogen-bond acceptors (Lipinski definition) is 2. The molecule has 0 N–H and O–H groups in total. The highest BCUT2D eigenvalue weighted by molar-refractivity contribution is 5.77. The van der Waals surface area contributed by atoms with E-state index in [0.717, 1.165) is 18.9 Å². The lowest BCUT2D eigenvalue weighted by molar-refractivity contribution is -0.134. The normalized spacial score (nSPS) is 22.0. The first-order valence-corrected chi connectivity index (χ1v) is 10.4. The number of amides is 1. The topological polar surface area (TPSA) is 38.1 Å². The second-order valence-electron chi connectivity index (χ2n) is 8.40. The van der Waals surface area contributed by atoms with E-state index in [-0.39, 0.29) is 12.0 Å². The summed E-state index contributed by atoms with van der Waals surface area (Å²) in [5.41, 5.74) is 5.05. The lowest BCUT2D eigenvalue weighted by Gasteiger charge is -2.40. The number of carbonyl (C=O) groups is 1. The van der Waals surface area contributed by atoms with Gasteiger partial charge in [-0.25, -0.2) is 0 Å². The Morgan fingerprint density at radius 3 is 2.56 bits per heavy atom. The summed E-state index contributed by atoms with van der Waals surface area (Å²) in [4.78, 5) is 15.2. The minimum atomic E-state index is 0.144. The van der Waals surface area contributed by atoms with Crippen LogP contribution in [0.25, 0.3) is 0 Å². The van der Waals surface area contributed by atoms with Crippen LogP contribution in [-0.4, -0.2) is 27.1 Å². The Bertz CT molecular complexity index is 821. The van der Waals surface area contributed by atoms with Gasteiger partial charge in [0.15, 0.2) is 0 Å². The van der Waals surface area contributed by atoms with Crippen LogP contribution in [0, 0.1) is 12.8 Å². The molecule has 2 heterocycles. The zero-order valence-electron chi connectivity index (χ0n) is 16.8. The van der Waals surface area contributed by atoms with Crippen molar-refractivity contribution >= 4 is 5.91 Å². The van der Waals surface area contributed by atoms with Crippen LogP contribution < -0.4 is 0 Å². The van der Waals surface area contributed by atoms with Gasteiger partial charge in [0.25, 0.3) is 0 Å². The molecule has 2 aliphatic rings. The smallest absolute Gasteiger partial charge is 0.223 e. The quantitative estimate of drug-likeness (QED) is 0.694. The third-order valence-corrected chi connectivity index (χ3v) is 6.59. The van der Waals surface area contributed by atoms with E-state index in [2.05, 4.69) is 48.1 Å². The molecule has 0 unspecified atom stereocenters. The minimum Gasteiger partial charge on any atom is -0.335 e. The van der Waals surface area contributed by atoms with E-state index in [4.69, 9.17) is 0 Å². The summed E-state index contributed by atoms with van der Waals surface area (Å²) >= 11 is 0. The Morgan fingerprint density at radius 2 is 1.89 bits per heavy atom. The SMILES string of the molecule is Cc1c([C@H]2CN(C(=O)CCCCC3CC3)[C@@H](C)c3ccccc32)cnn1C. The maximum absolute atomic E-state index is 13.1. The molecule has 27 heavy (non-hydrogen) atoms. The average Bonchev–Trinajstić information content (AvgIpc) is 3.45. The predicted octanol–water partition coefficient (Wildman–Crippen LogP) is 4.73. The minimum absolute atomic E-state index is 0.144. The average molecular weight is 366 g/mol. The zero-order valence-corrected chi connectivity index (χ0v) is 16.8. The van der Waals surface area contributed by atoms with Crippen molar-refractivity contribution in [3.63, 3.8) is 0 Å². The molecular weight excluding hydrogens is 334 g/mol. The van der Waals surface area contributed by atoms with Gasteiger partial charge in [-0.15, -0.1) is 0 Å². The summed E-state index contributed by atoms with van der Waals surface area (Å²) in [6, 6.07) is 8.75. The van der Waals surface area contributed by atoms with E-state index in [1.54, 1.807) is 0 Å². The lowest BCUT2D eigenvalue weighted by atomic mass is 9.81. The molecule has 0 bridgehead atoms. The Kier molecular flexibility index (Phi) is 5.07. The molecule has 144 valence electrons. The van der Waals surface area contributed by atoms with Gasteiger partial charge in [-0.2, -0.15) is 5.10 Å². The second-order valence-corrected chi connectivity index (χ2v) is 8.40. The number of benzene rings is 1. The number of carbonyl (C=O) groups excluding carboxylic acids is 1. The fraction of sp³-hybridized carbons (Fsp3) is 0.565. The monoisotopic (exact) mass is 365 g/mol. The third-order valence-electron chi connectivity index (χ3n) is 6.59. The molecule has 1 aromatic carbocycles. The van der Waals surface area contributed by atoms with Crippen LogP contribution in [0.4, 0.5) is 0 Å². The van der Waals surface area contributed by atoms with Crippen molar-refractivity contribution in [2.75, 3.05) is 6.54 Å². The Balaban J connectivity index is 1.54. The van der Waals surface area contributed by atoms with Gasteiger partial charge in [-0.1, -0.05) is 49.9 Å². The number of fused-ring (bicyclic) bond motifs is 1. The molecular formula is C23H31N3O. The van der Waals surface area contributed by atoms with Gasteiger partial charge in [0.05, 0.1) is 12.2 Å². The van der Waals surface area contributed by atoms with E-state index in [1.807, 2.05) is 17.9 Å². The first kappa shape index (κ1) is 18.3. The van der Waals surface area contributed by atoms with E-state index >= 15 is 0 Å². The van der Waals surface area contributed by atoms with Gasteiger partial charge in [0.1, 0.15) is 0 Å². The van der Waals surface area contributed by atoms with Crippen molar-refractivity contribution in [2.45, 2.75) is 64.3 Å². The highest BCUT2D eigenvalue weighted by atomic mass is 16.2. The van der Waals surface area contributed by atoms with Crippen molar-refractivity contribution < 1.29 is 4.79 Å². The molecule has 1 aliphatic heterocycles. The van der Waals surface area contributed by atoms with Gasteiger partial charge >= 0.3 is 0 Å². The number of nitrogens with zero attached hydrogens (tertiary/aromatic N) is 3. The first-order valence-electron chi connectivity index (χ1n) is 10.4. The van der Waals surface area contributed by atoms with Crippen LogP contribution in [-0.2, 0) is 11.8 Å². The van der Waals surface area contributed by atoms with Crippen molar-refractivity contribution in [3.8, 4) is 0 Å². The molecule has 2 atom stereocenters. The Hall–Kier alpha value is -2.10. The molecule has 1 fully saturated rings. The van der Waals surface area contributed by atoms with E-state index < -0.39 is 0 Å². The van der Waals surface area contributed by atoms with Gasteiger partial charge in [-0.3, -0.25) is 9.48 Å². The van der Waals surface area contributed by atoms with Crippen LogP contribution in [0.1, 0.15) is 79.8 Å². The molecule has 0 spiro atoms. The zero-order chi connectivity index (χ0) is 19.0. The first-order chi connectivity index (χ1) is 13.1. The van der Waals surface area contributed by atoms with Crippen LogP contribution in [0.15, 0.2) is 30.5 Å². The lowest BCUT2D eigenvalue weighted by Crippen LogP contribution is -2.41. The molecule has 1 amide bonds. The predicted molar refractivity (Wildman–Crippen MR) is 108 cm³/mol. The molecule has 0 saturated heterocycles. The number of unbranched alkanes of at least 4 members (excludes halogenated alkanes) is 1. The number of aryl methyl sites for hydroxylation is 1. The summed E-state index contributed by atoms with van der Waals surface area (Å²) < 4.78 is 1.93. The molecule has 4 nitrogen and oxygen atoms in total. The van der Waals surface area contributed by atoms with Crippen LogP contribution in [0.3, 0.4) is 0 Å². The fourth-order valence-electron chi connectivity index (χ4n) is 4.53. The van der Waals surface area contributed by atoms with Crippen molar-refractivity contribution in [1.82, 2.24) is 14.7 Å². The Morgan fingerprint density at radius 1 is 1.15 bits per heavy atom. The molecule has 2 aromatic rings. The van der Waals surface area contributed by atoms with Crippen LogP contribution >= 0.6 is 0 Å². The molecule has 0 radical (unpaired) electrons. The molecule has 4 heteroatoms. The number of hydrogen-bond donors (Lipinski definition) is 0. The van der Waals surface area contributed by atoms with Gasteiger partial charge in [0.2, 0.25) is 5.91 Å². The van der Waals surface area contributed by atoms with E-state index in [9.17, 15) is 4.79 Å². The summed E-state index contributed by atoms with van der Waals surface area (Å²) in [5.74, 6) is 1.47. The van der Waals surface area contributed by atoms with Crippen LogP contribution in [0.5, 0.6) is 0 Å². The summed E-state index contributed by atoms with van der Waals surface area (Å²) in [7, 11) is 1.99. The highest BCUT2D eigenvalue weighted by Crippen LogP contribution is 2.40. The molecule has 1 aliphatic carbocycles. The third kappa shape index (κ3) is 3.67. The van der Waals surface area contributed by atoms with Crippen molar-refractivity contribution in [1.29, 1.82) is 0 Å². The molecule has 4 rings (SSSR count). The van der Waals surface area contributed by atoms with Crippen LogP contribution in [0.2, 0.25) is 0 Å². The largest absolute Gasteiger partial charge is 0.335 e. The second kappa shape index (κ2) is 7.49. The fourth-order valence-corrected chi connectivity index (χ4v) is 4.53. The van der Waals surface area contributed by atoms with Gasteiger partial charge in [0, 0.05) is 37.2 Å². The molecule has 1 aromatic heterocycles. The van der Waals surface area contributed by atoms with E-state index in [0.29, 0.717) is 12.3 Å².